The summed E-state index contributed by atoms with van der Waals surface area (Å²) in [7, 11) is 0. The second-order valence-electron chi connectivity index (χ2n) is 5.18. The Morgan fingerprint density at radius 1 is 1.13 bits per heavy atom. The fourth-order valence-electron chi connectivity index (χ4n) is 2.18. The number of carbonyl (C=O) groups excluding carboxylic acids is 2. The summed E-state index contributed by atoms with van der Waals surface area (Å²) in [6, 6.07) is 14.1. The molecule has 0 fully saturated rings. The average Bonchev–Trinajstić information content (AvgIpc) is 2.54. The molecule has 120 valence electrons. The number of nitrogens with two attached hydrogens (primary N) is 1. The van der Waals surface area contributed by atoms with Crippen LogP contribution in [0, 0.1) is 6.92 Å². The lowest BCUT2D eigenvalue weighted by atomic mass is 10.1. The molecule has 0 aliphatic rings. The maximum atomic E-state index is 12.4. The number of carbonyl (C=O) groups is 2. The molecule has 0 aliphatic carbocycles. The van der Waals surface area contributed by atoms with Crippen LogP contribution >= 0.6 is 0 Å². The van der Waals surface area contributed by atoms with Crippen LogP contribution in [0.25, 0.3) is 0 Å². The third kappa shape index (κ3) is 4.10. The average molecular weight is 312 g/mol. The van der Waals surface area contributed by atoms with Gasteiger partial charge in [-0.05, 0) is 37.1 Å². The van der Waals surface area contributed by atoms with Crippen LogP contribution in [-0.2, 0) is 4.79 Å². The Balaban J connectivity index is 2.15. The number of hydrogen-bond acceptors (Lipinski definition) is 3. The molecule has 0 bridgehead atoms. The first-order valence-corrected chi connectivity index (χ1v) is 7.45. The van der Waals surface area contributed by atoms with E-state index >= 15 is 0 Å². The Labute approximate surface area is 135 Å². The topological polar surface area (TPSA) is 81.4 Å². The molecule has 2 amide bonds. The summed E-state index contributed by atoms with van der Waals surface area (Å²) in [6.45, 7) is 3.78. The van der Waals surface area contributed by atoms with Gasteiger partial charge in [-0.3, -0.25) is 9.59 Å². The van der Waals surface area contributed by atoms with Crippen molar-refractivity contribution >= 4 is 17.5 Å². The monoisotopic (exact) mass is 312 g/mol. The third-order valence-corrected chi connectivity index (χ3v) is 3.48. The van der Waals surface area contributed by atoms with Gasteiger partial charge in [-0.2, -0.15) is 0 Å². The molecule has 5 heteroatoms. The molecule has 2 aromatic carbocycles. The number of benzene rings is 2. The van der Waals surface area contributed by atoms with Gasteiger partial charge in [0.25, 0.3) is 11.8 Å². The Kier molecular flexibility index (Phi) is 5.36. The zero-order chi connectivity index (χ0) is 16.8. The number of aryl methyl sites for hydroxylation is 1. The fraction of sp³-hybridized carbons (Fsp3) is 0.222. The number of para-hydroxylation sites is 2. The van der Waals surface area contributed by atoms with E-state index in [1.807, 2.05) is 38.1 Å². The molecule has 0 aliphatic heterocycles. The maximum Gasteiger partial charge on any atom is 0.265 e. The Morgan fingerprint density at radius 3 is 2.43 bits per heavy atom. The van der Waals surface area contributed by atoms with Gasteiger partial charge in [0.05, 0.1) is 11.3 Å². The van der Waals surface area contributed by atoms with Crippen LogP contribution in [0.4, 0.5) is 5.69 Å². The second-order valence-corrected chi connectivity index (χ2v) is 5.18. The summed E-state index contributed by atoms with van der Waals surface area (Å²) in [6.07, 6.45) is -0.157. The Hall–Kier alpha value is -2.82. The van der Waals surface area contributed by atoms with Gasteiger partial charge in [-0.25, -0.2) is 0 Å². The first-order chi connectivity index (χ1) is 11.0. The van der Waals surface area contributed by atoms with Crippen molar-refractivity contribution in [3.05, 3.63) is 59.7 Å². The second kappa shape index (κ2) is 7.45. The van der Waals surface area contributed by atoms with Gasteiger partial charge < -0.3 is 15.8 Å². The highest BCUT2D eigenvalue weighted by atomic mass is 16.5. The highest BCUT2D eigenvalue weighted by molar-refractivity contribution is 6.04. The first-order valence-electron chi connectivity index (χ1n) is 7.45. The smallest absolute Gasteiger partial charge is 0.265 e. The SMILES string of the molecule is CCC(Oc1ccccc1C)C(=O)Nc1ccccc1C(N)=O. The van der Waals surface area contributed by atoms with Gasteiger partial charge in [-0.1, -0.05) is 37.3 Å². The van der Waals surface area contributed by atoms with Gasteiger partial charge in [0, 0.05) is 0 Å². The molecule has 1 atom stereocenters. The molecule has 0 aromatic heterocycles. The fourth-order valence-corrected chi connectivity index (χ4v) is 2.18. The van der Waals surface area contributed by atoms with E-state index in [9.17, 15) is 9.59 Å². The lowest BCUT2D eigenvalue weighted by molar-refractivity contribution is -0.122. The van der Waals surface area contributed by atoms with E-state index < -0.39 is 12.0 Å². The number of amides is 2. The molecule has 0 spiro atoms. The largest absolute Gasteiger partial charge is 0.480 e. The van der Waals surface area contributed by atoms with Crippen LogP contribution in [0.3, 0.4) is 0 Å². The highest BCUT2D eigenvalue weighted by Crippen LogP contribution is 2.20. The van der Waals surface area contributed by atoms with E-state index in [0.717, 1.165) is 5.56 Å². The molecule has 0 saturated heterocycles. The Morgan fingerprint density at radius 2 is 1.78 bits per heavy atom. The van der Waals surface area contributed by atoms with Crippen molar-refractivity contribution in [2.24, 2.45) is 5.73 Å². The third-order valence-electron chi connectivity index (χ3n) is 3.48. The minimum atomic E-state index is -0.656. The predicted molar refractivity (Wildman–Crippen MR) is 89.5 cm³/mol. The van der Waals surface area contributed by atoms with Crippen molar-refractivity contribution in [2.45, 2.75) is 26.4 Å². The van der Waals surface area contributed by atoms with Crippen molar-refractivity contribution in [3.8, 4) is 5.75 Å². The minimum Gasteiger partial charge on any atom is -0.480 e. The summed E-state index contributed by atoms with van der Waals surface area (Å²) in [5.74, 6) is -0.240. The van der Waals surface area contributed by atoms with Crippen molar-refractivity contribution in [2.75, 3.05) is 5.32 Å². The van der Waals surface area contributed by atoms with E-state index in [2.05, 4.69) is 5.32 Å². The van der Waals surface area contributed by atoms with Crippen LogP contribution < -0.4 is 15.8 Å². The van der Waals surface area contributed by atoms with Crippen molar-refractivity contribution in [1.29, 1.82) is 0 Å². The van der Waals surface area contributed by atoms with Crippen LogP contribution in [0.1, 0.15) is 29.3 Å². The predicted octanol–water partition coefficient (Wildman–Crippen LogP) is 2.89. The molecule has 1 unspecified atom stereocenters. The summed E-state index contributed by atoms with van der Waals surface area (Å²) >= 11 is 0. The van der Waals surface area contributed by atoms with Crippen LogP contribution in [0.5, 0.6) is 5.75 Å². The first kappa shape index (κ1) is 16.5. The zero-order valence-electron chi connectivity index (χ0n) is 13.2. The summed E-state index contributed by atoms with van der Waals surface area (Å²) in [5.41, 5.74) is 6.93. The number of nitrogens with one attached hydrogen (secondary N) is 1. The van der Waals surface area contributed by atoms with Gasteiger partial charge in [0.15, 0.2) is 6.10 Å². The van der Waals surface area contributed by atoms with Crippen molar-refractivity contribution < 1.29 is 14.3 Å². The lowest BCUT2D eigenvalue weighted by Crippen LogP contribution is -2.33. The number of rotatable bonds is 6. The molecule has 0 heterocycles. The molecule has 0 radical (unpaired) electrons. The van der Waals surface area contributed by atoms with Crippen molar-refractivity contribution in [3.63, 3.8) is 0 Å². The summed E-state index contributed by atoms with van der Waals surface area (Å²) in [4.78, 5) is 23.9. The summed E-state index contributed by atoms with van der Waals surface area (Å²) in [5, 5.41) is 2.72. The Bertz CT molecular complexity index is 713. The standard InChI is InChI=1S/C18H20N2O3/c1-3-15(23-16-11-7-4-8-12(16)2)18(22)20-14-10-6-5-9-13(14)17(19)21/h4-11,15H,3H2,1-2H3,(H2,19,21)(H,20,22). The van der Waals surface area contributed by atoms with Crippen LogP contribution in [0.15, 0.2) is 48.5 Å². The number of hydrogen-bond donors (Lipinski definition) is 2. The number of primary amides is 1. The lowest BCUT2D eigenvalue weighted by Gasteiger charge is -2.19. The molecule has 23 heavy (non-hydrogen) atoms. The van der Waals surface area contributed by atoms with Crippen molar-refractivity contribution in [1.82, 2.24) is 0 Å². The normalized spacial score (nSPS) is 11.6. The van der Waals surface area contributed by atoms with Crippen LogP contribution in [0.2, 0.25) is 0 Å². The summed E-state index contributed by atoms with van der Waals surface area (Å²) < 4.78 is 5.80. The van der Waals surface area contributed by atoms with E-state index in [0.29, 0.717) is 17.9 Å². The van der Waals surface area contributed by atoms with E-state index in [1.165, 1.54) is 0 Å². The quantitative estimate of drug-likeness (QED) is 0.860. The van der Waals surface area contributed by atoms with Crippen LogP contribution in [-0.4, -0.2) is 17.9 Å². The molecule has 2 rings (SSSR count). The van der Waals surface area contributed by atoms with E-state index in [1.54, 1.807) is 24.3 Å². The maximum absolute atomic E-state index is 12.4. The molecular weight excluding hydrogens is 292 g/mol. The number of anilines is 1. The number of ether oxygens (including phenoxy) is 1. The van der Waals surface area contributed by atoms with Gasteiger partial charge >= 0.3 is 0 Å². The molecular formula is C18H20N2O3. The molecule has 2 aromatic rings. The molecule has 0 saturated carbocycles. The zero-order valence-corrected chi connectivity index (χ0v) is 13.2. The highest BCUT2D eigenvalue weighted by Gasteiger charge is 2.20. The van der Waals surface area contributed by atoms with Gasteiger partial charge in [-0.15, -0.1) is 0 Å². The van der Waals surface area contributed by atoms with E-state index in [-0.39, 0.29) is 11.5 Å². The van der Waals surface area contributed by atoms with Gasteiger partial charge in [0.2, 0.25) is 0 Å². The van der Waals surface area contributed by atoms with E-state index in [4.69, 9.17) is 10.5 Å². The molecule has 3 N–H and O–H groups in total. The van der Waals surface area contributed by atoms with Gasteiger partial charge in [0.1, 0.15) is 5.75 Å². The minimum absolute atomic E-state index is 0.270. The molecule has 5 nitrogen and oxygen atoms in total.